The Hall–Kier alpha value is -3.46. The lowest BCUT2D eigenvalue weighted by Gasteiger charge is -2.32. The van der Waals surface area contributed by atoms with Gasteiger partial charge in [0.15, 0.2) is 0 Å². The zero-order valence-electron chi connectivity index (χ0n) is 20.7. The third-order valence-corrected chi connectivity index (χ3v) is 7.07. The first-order valence-electron chi connectivity index (χ1n) is 12.4. The summed E-state index contributed by atoms with van der Waals surface area (Å²) in [7, 11) is 5.62. The Labute approximate surface area is 205 Å². The molecule has 184 valence electrons. The normalized spacial score (nSPS) is 17.2. The van der Waals surface area contributed by atoms with Gasteiger partial charge in [-0.25, -0.2) is 4.98 Å². The van der Waals surface area contributed by atoms with Crippen molar-refractivity contribution >= 4 is 34.5 Å². The molecular formula is C26H33N7O2. The number of benzene rings is 1. The number of carbonyl (C=O) groups excluding carboxylic acids is 2. The number of amides is 2. The van der Waals surface area contributed by atoms with Gasteiger partial charge in [0.25, 0.3) is 11.8 Å². The molecular weight excluding hydrogens is 442 g/mol. The quantitative estimate of drug-likeness (QED) is 0.609. The van der Waals surface area contributed by atoms with E-state index in [-0.39, 0.29) is 17.9 Å². The van der Waals surface area contributed by atoms with E-state index in [2.05, 4.69) is 26.8 Å². The highest BCUT2D eigenvalue weighted by molar-refractivity contribution is 5.98. The third kappa shape index (κ3) is 4.73. The van der Waals surface area contributed by atoms with Gasteiger partial charge in [-0.3, -0.25) is 9.59 Å². The Balaban J connectivity index is 1.38. The molecule has 0 unspecified atom stereocenters. The summed E-state index contributed by atoms with van der Waals surface area (Å²) in [6.07, 6.45) is 6.19. The third-order valence-electron chi connectivity index (χ3n) is 7.07. The lowest BCUT2D eigenvalue weighted by Crippen LogP contribution is -2.47. The van der Waals surface area contributed by atoms with E-state index in [1.807, 2.05) is 35.2 Å². The molecule has 0 radical (unpaired) electrons. The van der Waals surface area contributed by atoms with Crippen LogP contribution >= 0.6 is 0 Å². The van der Waals surface area contributed by atoms with Crippen LogP contribution in [0.15, 0.2) is 36.5 Å². The molecule has 1 aromatic carbocycles. The van der Waals surface area contributed by atoms with E-state index in [1.165, 1.54) is 0 Å². The van der Waals surface area contributed by atoms with E-state index in [1.54, 1.807) is 25.2 Å². The average Bonchev–Trinajstić information content (AvgIpc) is 3.51. The van der Waals surface area contributed by atoms with E-state index in [4.69, 9.17) is 4.98 Å². The van der Waals surface area contributed by atoms with Gasteiger partial charge in [-0.1, -0.05) is 12.8 Å². The predicted molar refractivity (Wildman–Crippen MR) is 136 cm³/mol. The molecule has 0 spiro atoms. The number of carbonyl (C=O) groups is 2. The highest BCUT2D eigenvalue weighted by Crippen LogP contribution is 2.35. The number of nitrogens with zero attached hydrogens (tertiary/aromatic N) is 6. The monoisotopic (exact) mass is 475 g/mol. The summed E-state index contributed by atoms with van der Waals surface area (Å²) in [5.74, 6) is 0.511. The Kier molecular flexibility index (Phi) is 6.42. The molecule has 2 fully saturated rings. The minimum absolute atomic E-state index is 0.0231. The molecule has 1 aliphatic heterocycles. The lowest BCUT2D eigenvalue weighted by molar-refractivity contribution is 0.0664. The van der Waals surface area contributed by atoms with Crippen LogP contribution in [0.2, 0.25) is 0 Å². The van der Waals surface area contributed by atoms with Crippen molar-refractivity contribution in [3.05, 3.63) is 47.8 Å². The van der Waals surface area contributed by atoms with Crippen molar-refractivity contribution in [3.8, 4) is 0 Å². The first-order chi connectivity index (χ1) is 16.9. The van der Waals surface area contributed by atoms with E-state index in [0.29, 0.717) is 17.2 Å². The summed E-state index contributed by atoms with van der Waals surface area (Å²) in [4.78, 5) is 40.7. The highest BCUT2D eigenvalue weighted by atomic mass is 16.2. The van der Waals surface area contributed by atoms with Crippen LogP contribution < -0.4 is 5.32 Å². The fourth-order valence-corrected chi connectivity index (χ4v) is 5.01. The van der Waals surface area contributed by atoms with Gasteiger partial charge in [-0.15, -0.1) is 0 Å². The van der Waals surface area contributed by atoms with Crippen LogP contribution in [0.1, 0.15) is 52.6 Å². The van der Waals surface area contributed by atoms with Crippen molar-refractivity contribution < 1.29 is 9.59 Å². The maximum atomic E-state index is 12.9. The molecule has 9 heteroatoms. The van der Waals surface area contributed by atoms with Crippen LogP contribution in [0.4, 0.5) is 11.6 Å². The molecule has 2 aliphatic rings. The number of aromatic nitrogens is 3. The van der Waals surface area contributed by atoms with Crippen molar-refractivity contribution in [2.45, 2.75) is 31.7 Å². The molecule has 1 aliphatic carbocycles. The number of piperazine rings is 1. The van der Waals surface area contributed by atoms with Gasteiger partial charge in [0.05, 0.1) is 0 Å². The summed E-state index contributed by atoms with van der Waals surface area (Å²) in [6.45, 7) is 3.30. The van der Waals surface area contributed by atoms with Crippen LogP contribution in [0, 0.1) is 0 Å². The second kappa shape index (κ2) is 9.65. The predicted octanol–water partition coefficient (Wildman–Crippen LogP) is 3.38. The molecule has 1 saturated carbocycles. The molecule has 3 heterocycles. The number of fused-ring (bicyclic) bond motifs is 1. The van der Waals surface area contributed by atoms with Crippen molar-refractivity contribution in [2.24, 2.45) is 0 Å². The Morgan fingerprint density at radius 2 is 1.71 bits per heavy atom. The molecule has 2 amide bonds. The molecule has 1 N–H and O–H groups in total. The van der Waals surface area contributed by atoms with Crippen molar-refractivity contribution in [1.29, 1.82) is 0 Å². The average molecular weight is 476 g/mol. The highest BCUT2D eigenvalue weighted by Gasteiger charge is 2.26. The summed E-state index contributed by atoms with van der Waals surface area (Å²) >= 11 is 0. The standard InChI is InChI=1S/C26H33N7O2/c1-30(2)25(35)22-16-19-17-27-26(29-23(19)33(22)21-6-4-5-7-21)28-20-10-8-18(9-11-20)24(34)32-14-12-31(3)13-15-32/h8-11,16-17,21H,4-7,12-15H2,1-3H3,(H,27,28,29). The fraction of sp³-hybridized carbons (Fsp3) is 0.462. The second-order valence-corrected chi connectivity index (χ2v) is 9.81. The molecule has 2 aromatic heterocycles. The smallest absolute Gasteiger partial charge is 0.270 e. The van der Waals surface area contributed by atoms with E-state index in [0.717, 1.165) is 68.6 Å². The van der Waals surface area contributed by atoms with Crippen molar-refractivity contribution in [1.82, 2.24) is 29.2 Å². The van der Waals surface area contributed by atoms with Crippen LogP contribution in [0.5, 0.6) is 0 Å². The Morgan fingerprint density at radius 1 is 1.03 bits per heavy atom. The maximum absolute atomic E-state index is 12.9. The van der Waals surface area contributed by atoms with Crippen molar-refractivity contribution in [3.63, 3.8) is 0 Å². The minimum atomic E-state index is -0.0231. The van der Waals surface area contributed by atoms with E-state index >= 15 is 0 Å². The van der Waals surface area contributed by atoms with E-state index < -0.39 is 0 Å². The topological polar surface area (TPSA) is 86.6 Å². The van der Waals surface area contributed by atoms with E-state index in [9.17, 15) is 9.59 Å². The lowest BCUT2D eigenvalue weighted by atomic mass is 10.1. The van der Waals surface area contributed by atoms with Crippen molar-refractivity contribution in [2.75, 3.05) is 52.6 Å². The van der Waals surface area contributed by atoms with Gasteiger partial charge < -0.3 is 24.6 Å². The van der Waals surface area contributed by atoms with Crippen LogP contribution in [0.3, 0.4) is 0 Å². The summed E-state index contributed by atoms with van der Waals surface area (Å²) in [5, 5.41) is 4.13. The van der Waals surface area contributed by atoms with Gasteiger partial charge >= 0.3 is 0 Å². The van der Waals surface area contributed by atoms with Gasteiger partial charge in [-0.05, 0) is 50.2 Å². The zero-order valence-corrected chi connectivity index (χ0v) is 20.7. The summed E-state index contributed by atoms with van der Waals surface area (Å²) < 4.78 is 2.11. The number of likely N-dealkylation sites (N-methyl/N-ethyl adjacent to an activating group) is 1. The number of rotatable bonds is 5. The molecule has 1 saturated heterocycles. The molecule has 5 rings (SSSR count). The largest absolute Gasteiger partial charge is 0.343 e. The first-order valence-corrected chi connectivity index (χ1v) is 12.4. The molecule has 3 aromatic rings. The fourth-order valence-electron chi connectivity index (χ4n) is 5.01. The number of anilines is 2. The van der Waals surface area contributed by atoms with Gasteiger partial charge in [0.2, 0.25) is 5.95 Å². The number of hydrogen-bond acceptors (Lipinski definition) is 6. The van der Waals surface area contributed by atoms with Gasteiger partial charge in [-0.2, -0.15) is 4.98 Å². The maximum Gasteiger partial charge on any atom is 0.270 e. The summed E-state index contributed by atoms with van der Waals surface area (Å²) in [6, 6.07) is 9.63. The zero-order chi connectivity index (χ0) is 24.5. The Morgan fingerprint density at radius 3 is 2.37 bits per heavy atom. The summed E-state index contributed by atoms with van der Waals surface area (Å²) in [5.41, 5.74) is 2.93. The van der Waals surface area contributed by atoms with Crippen LogP contribution in [-0.4, -0.2) is 88.4 Å². The van der Waals surface area contributed by atoms with Gasteiger partial charge in [0.1, 0.15) is 11.3 Å². The number of nitrogens with one attached hydrogen (secondary N) is 1. The minimum Gasteiger partial charge on any atom is -0.343 e. The molecule has 0 bridgehead atoms. The Bertz CT molecular complexity index is 1220. The molecule has 9 nitrogen and oxygen atoms in total. The van der Waals surface area contributed by atoms with Gasteiger partial charge in [0, 0.05) is 69.2 Å². The molecule has 0 atom stereocenters. The first kappa shape index (κ1) is 23.3. The van der Waals surface area contributed by atoms with Crippen LogP contribution in [0.25, 0.3) is 11.0 Å². The molecule has 35 heavy (non-hydrogen) atoms. The van der Waals surface area contributed by atoms with Crippen LogP contribution in [-0.2, 0) is 0 Å². The number of hydrogen-bond donors (Lipinski definition) is 1. The SMILES string of the molecule is CN1CCN(C(=O)c2ccc(Nc3ncc4cc(C(=O)N(C)C)n(C5CCCC5)c4n3)cc2)CC1. The second-order valence-electron chi connectivity index (χ2n) is 9.81.